The Bertz CT molecular complexity index is 583. The van der Waals surface area contributed by atoms with Gasteiger partial charge in [0.05, 0.1) is 12.1 Å². The Morgan fingerprint density at radius 1 is 1.32 bits per heavy atom. The van der Waals surface area contributed by atoms with E-state index in [0.717, 1.165) is 12.1 Å². The quantitative estimate of drug-likeness (QED) is 0.927. The fraction of sp³-hybridized carbons (Fsp3) is 0.273. The number of aromatic nitrogens is 2. The summed E-state index contributed by atoms with van der Waals surface area (Å²) in [6.45, 7) is 1.79. The second-order valence-corrected chi connectivity index (χ2v) is 4.62. The molecule has 1 aromatic carbocycles. The third kappa shape index (κ3) is 3.46. The maximum absolute atomic E-state index is 12.6. The Balaban J connectivity index is 2.15. The van der Waals surface area contributed by atoms with E-state index < -0.39 is 11.7 Å². The molecule has 0 radical (unpaired) electrons. The Morgan fingerprint density at radius 3 is 2.63 bits per heavy atom. The van der Waals surface area contributed by atoms with Crippen molar-refractivity contribution in [2.45, 2.75) is 19.6 Å². The van der Waals surface area contributed by atoms with Crippen molar-refractivity contribution >= 4 is 21.6 Å². The summed E-state index contributed by atoms with van der Waals surface area (Å²) >= 11 is 3.18. The number of rotatable bonds is 3. The number of halogens is 4. The minimum Gasteiger partial charge on any atom is -0.424 e. The highest BCUT2D eigenvalue weighted by Crippen LogP contribution is 2.34. The van der Waals surface area contributed by atoms with Crippen LogP contribution in [0, 0.1) is 6.92 Å². The topological polar surface area (TPSA) is 51.0 Å². The SMILES string of the molecule is Cc1nnc(CNc2cc(C(F)(F)F)ccc2Br)o1. The molecular weight excluding hydrogens is 327 g/mol. The van der Waals surface area contributed by atoms with Crippen molar-refractivity contribution in [1.29, 1.82) is 0 Å². The summed E-state index contributed by atoms with van der Waals surface area (Å²) in [6.07, 6.45) is -4.38. The molecule has 19 heavy (non-hydrogen) atoms. The van der Waals surface area contributed by atoms with Crippen LogP contribution in [0.5, 0.6) is 0 Å². The second-order valence-electron chi connectivity index (χ2n) is 3.76. The lowest BCUT2D eigenvalue weighted by molar-refractivity contribution is -0.137. The molecule has 0 atom stereocenters. The summed E-state index contributed by atoms with van der Waals surface area (Å²) in [5.41, 5.74) is -0.411. The van der Waals surface area contributed by atoms with Crippen molar-refractivity contribution in [3.63, 3.8) is 0 Å². The van der Waals surface area contributed by atoms with Crippen LogP contribution in [0.3, 0.4) is 0 Å². The Hall–Kier alpha value is -1.57. The minimum atomic E-state index is -4.38. The summed E-state index contributed by atoms with van der Waals surface area (Å²) in [4.78, 5) is 0. The summed E-state index contributed by atoms with van der Waals surface area (Å²) in [5, 5.41) is 10.2. The van der Waals surface area contributed by atoms with Crippen LogP contribution < -0.4 is 5.32 Å². The molecule has 0 saturated carbocycles. The summed E-state index contributed by atoms with van der Waals surface area (Å²) < 4.78 is 43.4. The average Bonchev–Trinajstić information content (AvgIpc) is 2.72. The third-order valence-corrected chi connectivity index (χ3v) is 2.98. The Labute approximate surface area is 115 Å². The van der Waals surface area contributed by atoms with Gasteiger partial charge in [0.15, 0.2) is 0 Å². The van der Waals surface area contributed by atoms with Gasteiger partial charge in [0.25, 0.3) is 0 Å². The standard InChI is InChI=1S/C11H9BrF3N3O/c1-6-17-18-10(19-6)5-16-9-4-7(11(13,14)15)2-3-8(9)12/h2-4,16H,5H2,1H3. The molecule has 0 spiro atoms. The first-order chi connectivity index (χ1) is 8.86. The largest absolute Gasteiger partial charge is 0.424 e. The minimum absolute atomic E-state index is 0.154. The molecule has 0 aliphatic heterocycles. The van der Waals surface area contributed by atoms with Crippen molar-refractivity contribution in [1.82, 2.24) is 10.2 Å². The summed E-state index contributed by atoms with van der Waals surface area (Å²) in [5.74, 6) is 0.710. The van der Waals surface area contributed by atoms with E-state index in [2.05, 4.69) is 31.4 Å². The molecular formula is C11H9BrF3N3O. The van der Waals surface area contributed by atoms with Crippen LogP contribution >= 0.6 is 15.9 Å². The number of benzene rings is 1. The molecule has 0 aliphatic carbocycles. The van der Waals surface area contributed by atoms with Gasteiger partial charge in [0.2, 0.25) is 11.8 Å². The van der Waals surface area contributed by atoms with E-state index >= 15 is 0 Å². The highest BCUT2D eigenvalue weighted by molar-refractivity contribution is 9.10. The maximum Gasteiger partial charge on any atom is 0.416 e. The van der Waals surface area contributed by atoms with Gasteiger partial charge in [0, 0.05) is 17.1 Å². The van der Waals surface area contributed by atoms with Crippen molar-refractivity contribution < 1.29 is 17.6 Å². The van der Waals surface area contributed by atoms with Crippen LogP contribution in [-0.4, -0.2) is 10.2 Å². The molecule has 0 saturated heterocycles. The highest BCUT2D eigenvalue weighted by atomic mass is 79.9. The van der Waals surface area contributed by atoms with Crippen LogP contribution in [0.25, 0.3) is 0 Å². The van der Waals surface area contributed by atoms with Gasteiger partial charge in [-0.2, -0.15) is 13.2 Å². The number of anilines is 1. The van der Waals surface area contributed by atoms with E-state index in [1.54, 1.807) is 6.92 Å². The second kappa shape index (κ2) is 5.20. The number of nitrogens with one attached hydrogen (secondary N) is 1. The van der Waals surface area contributed by atoms with E-state index in [1.807, 2.05) is 0 Å². The van der Waals surface area contributed by atoms with Crippen LogP contribution in [-0.2, 0) is 12.7 Å². The predicted octanol–water partition coefficient (Wildman–Crippen LogP) is 3.77. The monoisotopic (exact) mass is 335 g/mol. The molecule has 1 N–H and O–H groups in total. The van der Waals surface area contributed by atoms with Gasteiger partial charge in [0.1, 0.15) is 0 Å². The first kappa shape index (κ1) is 13.9. The molecule has 0 bridgehead atoms. The van der Waals surface area contributed by atoms with Gasteiger partial charge < -0.3 is 9.73 Å². The van der Waals surface area contributed by atoms with Gasteiger partial charge in [-0.15, -0.1) is 10.2 Å². The van der Waals surface area contributed by atoms with Crippen LogP contribution in [0.1, 0.15) is 17.3 Å². The van der Waals surface area contributed by atoms with Gasteiger partial charge in [-0.25, -0.2) is 0 Å². The van der Waals surface area contributed by atoms with Gasteiger partial charge in [-0.3, -0.25) is 0 Å². The summed E-state index contributed by atoms with van der Waals surface area (Å²) in [7, 11) is 0. The fourth-order valence-corrected chi connectivity index (χ4v) is 1.80. The van der Waals surface area contributed by atoms with Crippen molar-refractivity contribution in [2.75, 3.05) is 5.32 Å². The molecule has 0 unspecified atom stereocenters. The number of hydrogen-bond donors (Lipinski definition) is 1. The summed E-state index contributed by atoms with van der Waals surface area (Å²) in [6, 6.07) is 3.36. The zero-order valence-corrected chi connectivity index (χ0v) is 11.3. The smallest absolute Gasteiger partial charge is 0.416 e. The molecule has 8 heteroatoms. The average molecular weight is 336 g/mol. The lowest BCUT2D eigenvalue weighted by Crippen LogP contribution is -2.07. The maximum atomic E-state index is 12.6. The van der Waals surface area contributed by atoms with Crippen molar-refractivity contribution in [3.8, 4) is 0 Å². The van der Waals surface area contributed by atoms with Crippen molar-refractivity contribution in [2.24, 2.45) is 0 Å². The molecule has 1 heterocycles. The van der Waals surface area contributed by atoms with Gasteiger partial charge in [-0.1, -0.05) is 0 Å². The third-order valence-electron chi connectivity index (χ3n) is 2.29. The number of aryl methyl sites for hydroxylation is 1. The van der Waals surface area contributed by atoms with Crippen LogP contribution in [0.2, 0.25) is 0 Å². The highest BCUT2D eigenvalue weighted by Gasteiger charge is 2.30. The predicted molar refractivity (Wildman–Crippen MR) is 65.5 cm³/mol. The lowest BCUT2D eigenvalue weighted by Gasteiger charge is -2.11. The normalized spacial score (nSPS) is 11.6. The number of hydrogen-bond acceptors (Lipinski definition) is 4. The van der Waals surface area contributed by atoms with Crippen molar-refractivity contribution in [3.05, 3.63) is 40.0 Å². The molecule has 0 fully saturated rings. The zero-order chi connectivity index (χ0) is 14.0. The van der Waals surface area contributed by atoms with Gasteiger partial charge >= 0.3 is 6.18 Å². The molecule has 0 aliphatic rings. The van der Waals surface area contributed by atoms with E-state index in [1.165, 1.54) is 6.07 Å². The van der Waals surface area contributed by atoms with E-state index in [9.17, 15) is 13.2 Å². The first-order valence-corrected chi connectivity index (χ1v) is 6.05. The number of nitrogens with zero attached hydrogens (tertiary/aromatic N) is 2. The molecule has 0 amide bonds. The molecule has 2 aromatic rings. The van der Waals surface area contributed by atoms with E-state index in [4.69, 9.17) is 4.42 Å². The lowest BCUT2D eigenvalue weighted by atomic mass is 10.2. The van der Waals surface area contributed by atoms with Gasteiger partial charge in [-0.05, 0) is 34.1 Å². The van der Waals surface area contributed by atoms with Crippen LogP contribution in [0.15, 0.2) is 27.1 Å². The molecule has 2 rings (SSSR count). The van der Waals surface area contributed by atoms with E-state index in [-0.39, 0.29) is 6.54 Å². The van der Waals surface area contributed by atoms with Crippen LogP contribution in [0.4, 0.5) is 18.9 Å². The zero-order valence-electron chi connectivity index (χ0n) is 9.75. The van der Waals surface area contributed by atoms with E-state index in [0.29, 0.717) is 21.9 Å². The Morgan fingerprint density at radius 2 is 2.05 bits per heavy atom. The Kier molecular flexibility index (Phi) is 3.79. The fourth-order valence-electron chi connectivity index (χ4n) is 1.42. The molecule has 4 nitrogen and oxygen atoms in total. The molecule has 102 valence electrons. The molecule has 1 aromatic heterocycles. The number of alkyl halides is 3. The first-order valence-electron chi connectivity index (χ1n) is 5.26.